The molecule has 2 rings (SSSR count). The van der Waals surface area contributed by atoms with Gasteiger partial charge in [0.05, 0.1) is 5.56 Å². The molecule has 114 valence electrons. The van der Waals surface area contributed by atoms with Crippen molar-refractivity contribution < 1.29 is 18.3 Å². The predicted molar refractivity (Wildman–Crippen MR) is 74.9 cm³/mol. The first kappa shape index (κ1) is 15.9. The van der Waals surface area contributed by atoms with Crippen LogP contribution in [0.25, 0.3) is 0 Å². The minimum atomic E-state index is -1.53. The molecule has 1 N–H and O–H groups in total. The molecule has 0 heterocycles. The Bertz CT molecular complexity index is 551. The van der Waals surface area contributed by atoms with Gasteiger partial charge in [0.2, 0.25) is 0 Å². The molecule has 0 aliphatic heterocycles. The van der Waals surface area contributed by atoms with Gasteiger partial charge < -0.3 is 5.11 Å². The van der Waals surface area contributed by atoms with E-state index in [2.05, 4.69) is 18.8 Å². The zero-order valence-corrected chi connectivity index (χ0v) is 12.0. The summed E-state index contributed by atoms with van der Waals surface area (Å²) in [5, 5.41) is 10.0. The first-order chi connectivity index (χ1) is 10.0. The van der Waals surface area contributed by atoms with E-state index in [9.17, 15) is 18.3 Å². The number of rotatable bonds is 2. The third-order valence-corrected chi connectivity index (χ3v) is 4.31. The highest BCUT2D eigenvalue weighted by Gasteiger charge is 2.24. The van der Waals surface area contributed by atoms with Crippen molar-refractivity contribution in [2.24, 2.45) is 11.8 Å². The van der Waals surface area contributed by atoms with Crippen molar-refractivity contribution >= 4 is 0 Å². The average Bonchev–Trinajstić information content (AvgIpc) is 2.52. The van der Waals surface area contributed by atoms with Crippen molar-refractivity contribution in [2.45, 2.75) is 45.1 Å². The fourth-order valence-corrected chi connectivity index (χ4v) is 2.80. The Balaban J connectivity index is 2.04. The maximum absolute atomic E-state index is 13.5. The minimum Gasteiger partial charge on any atom is -0.380 e. The SMILES string of the molecule is CCC1CCC(C(O)C#Cc2ccc(F)c(F)c2F)CC1. The highest BCUT2D eigenvalue weighted by molar-refractivity contribution is 5.37. The summed E-state index contributed by atoms with van der Waals surface area (Å²) < 4.78 is 39.3. The van der Waals surface area contributed by atoms with Gasteiger partial charge in [-0.3, -0.25) is 0 Å². The number of hydrogen-bond donors (Lipinski definition) is 1. The van der Waals surface area contributed by atoms with E-state index in [0.29, 0.717) is 5.92 Å². The maximum atomic E-state index is 13.5. The molecule has 0 amide bonds. The van der Waals surface area contributed by atoms with Crippen molar-refractivity contribution in [3.63, 3.8) is 0 Å². The van der Waals surface area contributed by atoms with Gasteiger partial charge in [-0.05, 0) is 36.8 Å². The molecule has 0 bridgehead atoms. The summed E-state index contributed by atoms with van der Waals surface area (Å²) in [5.41, 5.74) is -0.227. The number of halogens is 3. The van der Waals surface area contributed by atoms with Crippen LogP contribution >= 0.6 is 0 Å². The maximum Gasteiger partial charge on any atom is 0.195 e. The zero-order chi connectivity index (χ0) is 15.4. The fourth-order valence-electron chi connectivity index (χ4n) is 2.80. The van der Waals surface area contributed by atoms with Crippen LogP contribution in [-0.2, 0) is 0 Å². The summed E-state index contributed by atoms with van der Waals surface area (Å²) in [6.07, 6.45) is 4.23. The van der Waals surface area contributed by atoms with Crippen molar-refractivity contribution in [2.75, 3.05) is 0 Å². The van der Waals surface area contributed by atoms with Crippen LogP contribution < -0.4 is 0 Å². The van der Waals surface area contributed by atoms with E-state index in [1.54, 1.807) is 0 Å². The zero-order valence-electron chi connectivity index (χ0n) is 12.0. The highest BCUT2D eigenvalue weighted by Crippen LogP contribution is 2.32. The molecule has 0 radical (unpaired) electrons. The quantitative estimate of drug-likeness (QED) is 0.645. The molecule has 1 nitrogen and oxygen atoms in total. The van der Waals surface area contributed by atoms with Crippen molar-refractivity contribution in [3.05, 3.63) is 35.1 Å². The van der Waals surface area contributed by atoms with E-state index in [1.165, 1.54) is 0 Å². The Kier molecular flexibility index (Phi) is 5.30. The summed E-state index contributed by atoms with van der Waals surface area (Å²) in [6.45, 7) is 2.16. The molecule has 0 aromatic heterocycles. The normalized spacial score (nSPS) is 23.3. The molecule has 0 saturated heterocycles. The van der Waals surface area contributed by atoms with E-state index < -0.39 is 23.6 Å². The number of hydrogen-bond acceptors (Lipinski definition) is 1. The van der Waals surface area contributed by atoms with Gasteiger partial charge in [0, 0.05) is 0 Å². The van der Waals surface area contributed by atoms with Gasteiger partial charge >= 0.3 is 0 Å². The number of aliphatic hydroxyl groups excluding tert-OH is 1. The Labute approximate surface area is 123 Å². The number of benzene rings is 1. The van der Waals surface area contributed by atoms with Crippen LogP contribution in [0.2, 0.25) is 0 Å². The molecular formula is C17H19F3O. The third kappa shape index (κ3) is 3.79. The van der Waals surface area contributed by atoms with Crippen LogP contribution in [0.5, 0.6) is 0 Å². The van der Waals surface area contributed by atoms with Gasteiger partial charge in [-0.2, -0.15) is 0 Å². The van der Waals surface area contributed by atoms with Gasteiger partial charge in [0.25, 0.3) is 0 Å². The second-order valence-electron chi connectivity index (χ2n) is 5.63. The van der Waals surface area contributed by atoms with Gasteiger partial charge in [0.15, 0.2) is 17.5 Å². The molecule has 1 aromatic rings. The van der Waals surface area contributed by atoms with Crippen molar-refractivity contribution in [1.29, 1.82) is 0 Å². The Morgan fingerprint density at radius 2 is 1.81 bits per heavy atom. The van der Waals surface area contributed by atoms with Crippen molar-refractivity contribution in [3.8, 4) is 11.8 Å². The fraction of sp³-hybridized carbons (Fsp3) is 0.529. The summed E-state index contributed by atoms with van der Waals surface area (Å²) in [5.74, 6) is 1.71. The second kappa shape index (κ2) is 7.00. The lowest BCUT2D eigenvalue weighted by Crippen LogP contribution is -2.24. The summed E-state index contributed by atoms with van der Waals surface area (Å²) in [6, 6.07) is 1.92. The predicted octanol–water partition coefficient (Wildman–Crippen LogP) is 4.03. The molecule has 21 heavy (non-hydrogen) atoms. The van der Waals surface area contributed by atoms with E-state index in [0.717, 1.165) is 44.2 Å². The summed E-state index contributed by atoms with van der Waals surface area (Å²) >= 11 is 0. The Morgan fingerprint density at radius 3 is 2.43 bits per heavy atom. The molecule has 1 saturated carbocycles. The van der Waals surface area contributed by atoms with Crippen LogP contribution in [-0.4, -0.2) is 11.2 Å². The van der Waals surface area contributed by atoms with Gasteiger partial charge in [-0.1, -0.05) is 38.0 Å². The van der Waals surface area contributed by atoms with Gasteiger partial charge in [0.1, 0.15) is 6.10 Å². The smallest absolute Gasteiger partial charge is 0.195 e. The molecule has 1 fully saturated rings. The lowest BCUT2D eigenvalue weighted by atomic mass is 9.78. The topological polar surface area (TPSA) is 20.2 Å². The standard InChI is InChI=1S/C17H19F3O/c1-2-11-3-5-12(6-4-11)15(21)10-8-13-7-9-14(18)17(20)16(13)19/h7,9,11-12,15,21H,2-6H2,1H3. The first-order valence-electron chi connectivity index (χ1n) is 7.36. The minimum absolute atomic E-state index is 0.0775. The van der Waals surface area contributed by atoms with E-state index in [1.807, 2.05) is 0 Å². The molecule has 1 aliphatic carbocycles. The largest absolute Gasteiger partial charge is 0.380 e. The van der Waals surface area contributed by atoms with E-state index in [4.69, 9.17) is 0 Å². The van der Waals surface area contributed by atoms with E-state index in [-0.39, 0.29) is 11.5 Å². The number of aliphatic hydroxyl groups is 1. The molecule has 1 unspecified atom stereocenters. The molecule has 1 atom stereocenters. The molecule has 1 aromatic carbocycles. The summed E-state index contributed by atoms with van der Waals surface area (Å²) in [4.78, 5) is 0. The van der Waals surface area contributed by atoms with E-state index >= 15 is 0 Å². The van der Waals surface area contributed by atoms with Crippen LogP contribution in [0.1, 0.15) is 44.6 Å². The van der Waals surface area contributed by atoms with Gasteiger partial charge in [-0.25, -0.2) is 13.2 Å². The average molecular weight is 296 g/mol. The van der Waals surface area contributed by atoms with Crippen molar-refractivity contribution in [1.82, 2.24) is 0 Å². The molecular weight excluding hydrogens is 277 g/mol. The Hall–Kier alpha value is -1.47. The Morgan fingerprint density at radius 1 is 1.14 bits per heavy atom. The molecule has 4 heteroatoms. The lowest BCUT2D eigenvalue weighted by molar-refractivity contribution is 0.116. The van der Waals surface area contributed by atoms with Crippen LogP contribution in [0.4, 0.5) is 13.2 Å². The monoisotopic (exact) mass is 296 g/mol. The molecule has 1 aliphatic rings. The van der Waals surface area contributed by atoms with Crippen LogP contribution in [0, 0.1) is 41.1 Å². The molecule has 0 spiro atoms. The van der Waals surface area contributed by atoms with Gasteiger partial charge in [-0.15, -0.1) is 0 Å². The third-order valence-electron chi connectivity index (χ3n) is 4.31. The van der Waals surface area contributed by atoms with Crippen LogP contribution in [0.3, 0.4) is 0 Å². The first-order valence-corrected chi connectivity index (χ1v) is 7.36. The van der Waals surface area contributed by atoms with Crippen LogP contribution in [0.15, 0.2) is 12.1 Å². The summed E-state index contributed by atoms with van der Waals surface area (Å²) in [7, 11) is 0. The highest BCUT2D eigenvalue weighted by atomic mass is 19.2. The lowest BCUT2D eigenvalue weighted by Gasteiger charge is -2.28. The second-order valence-corrected chi connectivity index (χ2v) is 5.63.